The molecule has 2 heterocycles. The summed E-state index contributed by atoms with van der Waals surface area (Å²) in [7, 11) is 0. The zero-order chi connectivity index (χ0) is 16.5. The predicted molar refractivity (Wildman–Crippen MR) is 90.8 cm³/mol. The van der Waals surface area contributed by atoms with Crippen molar-refractivity contribution in [3.05, 3.63) is 47.6 Å². The van der Waals surface area contributed by atoms with Gasteiger partial charge in [-0.2, -0.15) is 4.98 Å². The van der Waals surface area contributed by atoms with Crippen LogP contribution < -0.4 is 5.32 Å². The highest BCUT2D eigenvalue weighted by Gasteiger charge is 2.25. The zero-order valence-corrected chi connectivity index (χ0v) is 14.0. The van der Waals surface area contributed by atoms with Gasteiger partial charge in [0, 0.05) is 11.4 Å². The lowest BCUT2D eigenvalue weighted by molar-refractivity contribution is 0.0952. The third-order valence-electron chi connectivity index (χ3n) is 3.76. The number of nitrogens with one attached hydrogen (secondary N) is 1. The molecule has 0 spiro atoms. The number of rotatable bonds is 5. The van der Waals surface area contributed by atoms with E-state index in [4.69, 9.17) is 4.52 Å². The maximum Gasteiger partial charge on any atom is 0.252 e. The minimum atomic E-state index is -0.0356. The Kier molecular flexibility index (Phi) is 3.93. The van der Waals surface area contributed by atoms with Gasteiger partial charge in [-0.3, -0.25) is 4.79 Å². The molecule has 1 fully saturated rings. The van der Waals surface area contributed by atoms with Crippen molar-refractivity contribution in [2.45, 2.75) is 36.6 Å². The molecular weight excluding hydrogens is 324 g/mol. The normalized spacial score (nSPS) is 14.0. The fourth-order valence-corrected chi connectivity index (χ4v) is 3.19. The SMILES string of the molecule is Cc1noc(CSc2cc(C(=O)NC3CC3)c3ccccc3n2)n1. The second kappa shape index (κ2) is 6.24. The van der Waals surface area contributed by atoms with Crippen LogP contribution in [0.15, 0.2) is 39.9 Å². The number of fused-ring (bicyclic) bond motifs is 1. The van der Waals surface area contributed by atoms with Gasteiger partial charge in [-0.05, 0) is 31.9 Å². The molecule has 0 bridgehead atoms. The number of nitrogens with zero attached hydrogens (tertiary/aromatic N) is 3. The van der Waals surface area contributed by atoms with Gasteiger partial charge in [0.1, 0.15) is 0 Å². The highest BCUT2D eigenvalue weighted by atomic mass is 32.2. The third-order valence-corrected chi connectivity index (χ3v) is 4.66. The first-order valence-electron chi connectivity index (χ1n) is 7.82. The maximum atomic E-state index is 12.5. The molecule has 7 heteroatoms. The number of hydrogen-bond acceptors (Lipinski definition) is 6. The van der Waals surface area contributed by atoms with Crippen LogP contribution in [0, 0.1) is 6.92 Å². The van der Waals surface area contributed by atoms with Crippen LogP contribution in [0.2, 0.25) is 0 Å². The topological polar surface area (TPSA) is 80.9 Å². The fraction of sp³-hybridized carbons (Fsp3) is 0.294. The lowest BCUT2D eigenvalue weighted by atomic mass is 10.1. The van der Waals surface area contributed by atoms with Gasteiger partial charge in [0.05, 0.1) is 21.9 Å². The van der Waals surface area contributed by atoms with Crippen LogP contribution in [-0.2, 0) is 5.75 Å². The first kappa shape index (κ1) is 15.1. The Morgan fingerprint density at radius 1 is 1.33 bits per heavy atom. The van der Waals surface area contributed by atoms with Crippen LogP contribution in [-0.4, -0.2) is 27.1 Å². The summed E-state index contributed by atoms with van der Waals surface area (Å²) in [5.41, 5.74) is 1.47. The number of amides is 1. The number of aryl methyl sites for hydroxylation is 1. The Morgan fingerprint density at radius 3 is 2.92 bits per heavy atom. The largest absolute Gasteiger partial charge is 0.349 e. The molecule has 0 radical (unpaired) electrons. The second-order valence-corrected chi connectivity index (χ2v) is 6.79. The van der Waals surface area contributed by atoms with Crippen molar-refractivity contribution < 1.29 is 9.32 Å². The van der Waals surface area contributed by atoms with E-state index >= 15 is 0 Å². The van der Waals surface area contributed by atoms with Gasteiger partial charge in [0.15, 0.2) is 5.82 Å². The van der Waals surface area contributed by atoms with Crippen LogP contribution in [0.3, 0.4) is 0 Å². The standard InChI is InChI=1S/C17H16N4O2S/c1-10-18-15(23-21-10)9-24-16-8-13(17(22)19-11-6-7-11)12-4-2-3-5-14(12)20-16/h2-5,8,11H,6-7,9H2,1H3,(H,19,22). The van der Waals surface area contributed by atoms with Crippen molar-refractivity contribution in [3.8, 4) is 0 Å². The van der Waals surface area contributed by atoms with Crippen molar-refractivity contribution in [2.75, 3.05) is 0 Å². The molecule has 0 atom stereocenters. The number of aromatic nitrogens is 3. The Bertz CT molecular complexity index is 904. The molecule has 1 amide bonds. The van der Waals surface area contributed by atoms with Crippen molar-refractivity contribution >= 4 is 28.6 Å². The molecule has 0 saturated heterocycles. The Labute approximate surface area is 143 Å². The fourth-order valence-electron chi connectivity index (χ4n) is 2.44. The number of hydrogen-bond donors (Lipinski definition) is 1. The molecule has 1 aliphatic carbocycles. The number of pyridine rings is 1. The number of para-hydroxylation sites is 1. The van der Waals surface area contributed by atoms with Crippen LogP contribution in [0.4, 0.5) is 0 Å². The molecule has 122 valence electrons. The number of carbonyl (C=O) groups excluding carboxylic acids is 1. The smallest absolute Gasteiger partial charge is 0.252 e. The average molecular weight is 340 g/mol. The van der Waals surface area contributed by atoms with E-state index in [1.165, 1.54) is 11.8 Å². The lowest BCUT2D eigenvalue weighted by Crippen LogP contribution is -2.25. The van der Waals surface area contributed by atoms with E-state index in [1.807, 2.05) is 30.3 Å². The first-order valence-corrected chi connectivity index (χ1v) is 8.80. The van der Waals surface area contributed by atoms with E-state index < -0.39 is 0 Å². The number of benzene rings is 1. The van der Waals surface area contributed by atoms with Gasteiger partial charge in [0.25, 0.3) is 5.91 Å². The van der Waals surface area contributed by atoms with Crippen LogP contribution in [0.1, 0.15) is 34.9 Å². The van der Waals surface area contributed by atoms with E-state index in [2.05, 4.69) is 20.4 Å². The predicted octanol–water partition coefficient (Wildman–Crippen LogP) is 3.11. The summed E-state index contributed by atoms with van der Waals surface area (Å²) in [5.74, 6) is 1.65. The minimum absolute atomic E-state index is 0.0356. The van der Waals surface area contributed by atoms with E-state index in [0.717, 1.165) is 28.8 Å². The van der Waals surface area contributed by atoms with E-state index in [0.29, 0.717) is 29.1 Å². The van der Waals surface area contributed by atoms with Crippen molar-refractivity contribution in [1.29, 1.82) is 0 Å². The monoisotopic (exact) mass is 340 g/mol. The van der Waals surface area contributed by atoms with Crippen molar-refractivity contribution in [3.63, 3.8) is 0 Å². The maximum absolute atomic E-state index is 12.5. The summed E-state index contributed by atoms with van der Waals surface area (Å²) >= 11 is 1.48. The van der Waals surface area contributed by atoms with Gasteiger partial charge < -0.3 is 9.84 Å². The van der Waals surface area contributed by atoms with Crippen LogP contribution in [0.25, 0.3) is 10.9 Å². The summed E-state index contributed by atoms with van der Waals surface area (Å²) in [4.78, 5) is 21.4. The molecule has 4 rings (SSSR count). The van der Waals surface area contributed by atoms with Gasteiger partial charge in [-0.1, -0.05) is 35.1 Å². The second-order valence-electron chi connectivity index (χ2n) is 5.80. The van der Waals surface area contributed by atoms with Gasteiger partial charge >= 0.3 is 0 Å². The Balaban J connectivity index is 1.63. The van der Waals surface area contributed by atoms with Gasteiger partial charge in [0.2, 0.25) is 5.89 Å². The lowest BCUT2D eigenvalue weighted by Gasteiger charge is -2.09. The number of carbonyl (C=O) groups is 1. The molecule has 6 nitrogen and oxygen atoms in total. The van der Waals surface area contributed by atoms with Crippen molar-refractivity contribution in [2.24, 2.45) is 0 Å². The van der Waals surface area contributed by atoms with E-state index in [1.54, 1.807) is 6.92 Å². The highest BCUT2D eigenvalue weighted by molar-refractivity contribution is 7.98. The summed E-state index contributed by atoms with van der Waals surface area (Å²) < 4.78 is 5.12. The van der Waals surface area contributed by atoms with Gasteiger partial charge in [-0.25, -0.2) is 4.98 Å². The molecule has 0 aliphatic heterocycles. The van der Waals surface area contributed by atoms with Gasteiger partial charge in [-0.15, -0.1) is 0 Å². The Morgan fingerprint density at radius 2 is 2.17 bits per heavy atom. The summed E-state index contributed by atoms with van der Waals surface area (Å²) in [5, 5.41) is 8.47. The molecule has 24 heavy (non-hydrogen) atoms. The highest BCUT2D eigenvalue weighted by Crippen LogP contribution is 2.27. The van der Waals surface area contributed by atoms with Crippen LogP contribution >= 0.6 is 11.8 Å². The molecule has 3 aromatic rings. The van der Waals surface area contributed by atoms with Crippen molar-refractivity contribution in [1.82, 2.24) is 20.4 Å². The molecule has 2 aromatic heterocycles. The van der Waals surface area contributed by atoms with E-state index in [9.17, 15) is 4.79 Å². The summed E-state index contributed by atoms with van der Waals surface area (Å²) in [6.45, 7) is 1.78. The average Bonchev–Trinajstić information content (AvgIpc) is 3.31. The molecule has 1 aliphatic rings. The first-order chi connectivity index (χ1) is 11.7. The van der Waals surface area contributed by atoms with E-state index in [-0.39, 0.29) is 5.91 Å². The molecular formula is C17H16N4O2S. The number of thioether (sulfide) groups is 1. The molecule has 1 saturated carbocycles. The Hall–Kier alpha value is -2.41. The molecule has 1 N–H and O–H groups in total. The molecule has 0 unspecified atom stereocenters. The third kappa shape index (κ3) is 3.26. The quantitative estimate of drug-likeness (QED) is 0.719. The molecule has 1 aromatic carbocycles. The summed E-state index contributed by atoms with van der Waals surface area (Å²) in [6.07, 6.45) is 2.12. The summed E-state index contributed by atoms with van der Waals surface area (Å²) in [6, 6.07) is 9.86. The minimum Gasteiger partial charge on any atom is -0.349 e. The van der Waals surface area contributed by atoms with Crippen LogP contribution in [0.5, 0.6) is 0 Å². The zero-order valence-electron chi connectivity index (χ0n) is 13.2.